The average molecular weight is 488 g/mol. The molecule has 0 aliphatic carbocycles. The van der Waals surface area contributed by atoms with Gasteiger partial charge >= 0.3 is 6.61 Å². The van der Waals surface area contributed by atoms with Gasteiger partial charge in [0.1, 0.15) is 17.4 Å². The minimum atomic E-state index is -3.05. The number of hydrogen-bond acceptors (Lipinski definition) is 5. The standard InChI is InChI=1S/C24H17F5N4O2/c25-15-6-17-19(5-14(15)12-8-30-22(31-9-12)24(29)10-34-11-24)33-18(7-16(26)21(33)32-17)13-3-1-2-4-20(13)35-23(27)28/h1-6,8-9,16,18,23H,7,10-11H2/t16-,18?/m1/s1. The van der Waals surface area contributed by atoms with Crippen molar-refractivity contribution < 1.29 is 31.4 Å². The van der Waals surface area contributed by atoms with Crippen molar-refractivity contribution in [3.63, 3.8) is 0 Å². The first-order valence-electron chi connectivity index (χ1n) is 10.8. The van der Waals surface area contributed by atoms with Crippen LogP contribution >= 0.6 is 0 Å². The van der Waals surface area contributed by atoms with E-state index >= 15 is 4.39 Å². The van der Waals surface area contributed by atoms with E-state index in [0.717, 1.165) is 0 Å². The second-order valence-electron chi connectivity index (χ2n) is 8.55. The monoisotopic (exact) mass is 488 g/mol. The van der Waals surface area contributed by atoms with Gasteiger partial charge in [0.15, 0.2) is 12.0 Å². The summed E-state index contributed by atoms with van der Waals surface area (Å²) in [5.74, 6) is -0.679. The molecule has 11 heteroatoms. The molecule has 35 heavy (non-hydrogen) atoms. The number of para-hydroxylation sites is 1. The summed E-state index contributed by atoms with van der Waals surface area (Å²) < 4.78 is 81.5. The second kappa shape index (κ2) is 7.98. The summed E-state index contributed by atoms with van der Waals surface area (Å²) in [7, 11) is 0. The van der Waals surface area contributed by atoms with E-state index < -0.39 is 30.3 Å². The van der Waals surface area contributed by atoms with Crippen LogP contribution in [0.15, 0.2) is 48.8 Å². The van der Waals surface area contributed by atoms with Gasteiger partial charge in [0, 0.05) is 41.6 Å². The summed E-state index contributed by atoms with van der Waals surface area (Å²) in [6, 6.07) is 8.13. The van der Waals surface area contributed by atoms with Gasteiger partial charge in [-0.3, -0.25) is 0 Å². The van der Waals surface area contributed by atoms with Crippen molar-refractivity contribution in [3.8, 4) is 16.9 Å². The summed E-state index contributed by atoms with van der Waals surface area (Å²) in [5.41, 5.74) is -0.366. The zero-order valence-electron chi connectivity index (χ0n) is 18.0. The molecule has 2 aromatic carbocycles. The number of benzene rings is 2. The van der Waals surface area contributed by atoms with Gasteiger partial charge in [-0.05, 0) is 12.1 Å². The van der Waals surface area contributed by atoms with Crippen molar-refractivity contribution >= 4 is 11.0 Å². The summed E-state index contributed by atoms with van der Waals surface area (Å²) in [6.45, 7) is -3.33. The number of alkyl halides is 4. The van der Waals surface area contributed by atoms with E-state index in [1.165, 1.54) is 30.6 Å². The number of hydrogen-bond donors (Lipinski definition) is 0. The van der Waals surface area contributed by atoms with Crippen LogP contribution in [0.2, 0.25) is 0 Å². The van der Waals surface area contributed by atoms with Crippen molar-refractivity contribution in [2.24, 2.45) is 0 Å². The Morgan fingerprint density at radius 3 is 2.54 bits per heavy atom. The number of rotatable bonds is 5. The molecule has 4 aromatic rings. The topological polar surface area (TPSA) is 62.1 Å². The van der Waals surface area contributed by atoms with E-state index in [1.54, 1.807) is 22.8 Å². The van der Waals surface area contributed by atoms with Crippen molar-refractivity contribution in [2.75, 3.05) is 13.2 Å². The predicted octanol–water partition coefficient (Wildman–Crippen LogP) is 5.43. The normalized spacial score (nSPS) is 20.7. The molecule has 2 aromatic heterocycles. The van der Waals surface area contributed by atoms with Gasteiger partial charge < -0.3 is 14.0 Å². The predicted molar refractivity (Wildman–Crippen MR) is 114 cm³/mol. The Morgan fingerprint density at radius 1 is 1.11 bits per heavy atom. The summed E-state index contributed by atoms with van der Waals surface area (Å²) in [4.78, 5) is 12.3. The first-order chi connectivity index (χ1) is 16.8. The lowest BCUT2D eigenvalue weighted by Gasteiger charge is -2.31. The zero-order chi connectivity index (χ0) is 24.3. The maximum Gasteiger partial charge on any atom is 0.387 e. The molecule has 4 heterocycles. The molecule has 0 spiro atoms. The number of aromatic nitrogens is 4. The maximum atomic E-state index is 15.0. The highest BCUT2D eigenvalue weighted by Gasteiger charge is 2.43. The van der Waals surface area contributed by atoms with Gasteiger partial charge in [0.25, 0.3) is 0 Å². The lowest BCUT2D eigenvalue weighted by Crippen LogP contribution is -2.43. The fraction of sp³-hybridized carbons (Fsp3) is 0.292. The molecule has 0 bridgehead atoms. The van der Waals surface area contributed by atoms with Gasteiger partial charge in [0.2, 0.25) is 5.67 Å². The minimum absolute atomic E-state index is 0.0347. The van der Waals surface area contributed by atoms with E-state index in [9.17, 15) is 17.6 Å². The van der Waals surface area contributed by atoms with Crippen molar-refractivity contribution in [3.05, 3.63) is 71.8 Å². The first kappa shape index (κ1) is 21.9. The molecule has 180 valence electrons. The number of nitrogens with zero attached hydrogens (tertiary/aromatic N) is 4. The maximum absolute atomic E-state index is 15.0. The molecular formula is C24H17F5N4O2. The molecule has 6 nitrogen and oxygen atoms in total. The highest BCUT2D eigenvalue weighted by Crippen LogP contribution is 2.46. The fourth-order valence-corrected chi connectivity index (χ4v) is 4.65. The van der Waals surface area contributed by atoms with E-state index in [2.05, 4.69) is 19.7 Å². The molecule has 1 saturated heterocycles. The van der Waals surface area contributed by atoms with Crippen LogP contribution in [-0.4, -0.2) is 39.3 Å². The van der Waals surface area contributed by atoms with E-state index in [-0.39, 0.29) is 48.1 Å². The molecule has 0 saturated carbocycles. The third kappa shape index (κ3) is 3.53. The van der Waals surface area contributed by atoms with Gasteiger partial charge in [-0.1, -0.05) is 18.2 Å². The van der Waals surface area contributed by atoms with Crippen LogP contribution in [0.3, 0.4) is 0 Å². The van der Waals surface area contributed by atoms with Crippen molar-refractivity contribution in [1.82, 2.24) is 19.5 Å². The first-order valence-corrected chi connectivity index (χ1v) is 10.8. The molecule has 2 aliphatic rings. The van der Waals surface area contributed by atoms with Crippen LogP contribution in [0.25, 0.3) is 22.2 Å². The van der Waals surface area contributed by atoms with Crippen LogP contribution in [0, 0.1) is 5.82 Å². The SMILES string of the molecule is Fc1cc2nc3n(c2cc1-c1cnc(C2(F)COC2)nc1)C(c1ccccc1OC(F)F)C[C@H]3F. The molecule has 2 aliphatic heterocycles. The molecule has 0 radical (unpaired) electrons. The third-order valence-corrected chi connectivity index (χ3v) is 6.35. The molecule has 1 fully saturated rings. The highest BCUT2D eigenvalue weighted by atomic mass is 19.3. The van der Waals surface area contributed by atoms with Crippen LogP contribution in [0.4, 0.5) is 22.0 Å². The summed E-state index contributed by atoms with van der Waals surface area (Å²) in [6.07, 6.45) is 1.11. The average Bonchev–Trinajstić information content (AvgIpc) is 3.34. The Morgan fingerprint density at radius 2 is 1.86 bits per heavy atom. The van der Waals surface area contributed by atoms with Gasteiger partial charge in [0.05, 0.1) is 30.3 Å². The van der Waals surface area contributed by atoms with Crippen molar-refractivity contribution in [1.29, 1.82) is 0 Å². The number of fused-ring (bicyclic) bond motifs is 3. The van der Waals surface area contributed by atoms with Gasteiger partial charge in [-0.2, -0.15) is 8.78 Å². The van der Waals surface area contributed by atoms with Gasteiger partial charge in [-0.15, -0.1) is 0 Å². The molecule has 0 N–H and O–H groups in total. The number of imidazole rings is 1. The number of halogens is 5. The highest BCUT2D eigenvalue weighted by molar-refractivity contribution is 5.83. The third-order valence-electron chi connectivity index (χ3n) is 6.35. The molecule has 0 amide bonds. The smallest absolute Gasteiger partial charge is 0.387 e. The molecule has 6 rings (SSSR count). The van der Waals surface area contributed by atoms with Gasteiger partial charge in [-0.25, -0.2) is 28.1 Å². The second-order valence-corrected chi connectivity index (χ2v) is 8.55. The van der Waals surface area contributed by atoms with Crippen LogP contribution in [0.5, 0.6) is 5.75 Å². The molecular weight excluding hydrogens is 471 g/mol. The van der Waals surface area contributed by atoms with E-state index in [4.69, 9.17) is 4.74 Å². The zero-order valence-corrected chi connectivity index (χ0v) is 18.0. The lowest BCUT2D eigenvalue weighted by atomic mass is 10.0. The Balaban J connectivity index is 1.45. The largest absolute Gasteiger partial charge is 0.434 e. The Hall–Kier alpha value is -3.60. The quantitative estimate of drug-likeness (QED) is 0.351. The lowest BCUT2D eigenvalue weighted by molar-refractivity contribution is -0.140. The number of ether oxygens (including phenoxy) is 2. The van der Waals surface area contributed by atoms with Crippen LogP contribution in [-0.2, 0) is 10.4 Å². The Bertz CT molecular complexity index is 1420. The van der Waals surface area contributed by atoms with Crippen molar-refractivity contribution in [2.45, 2.75) is 30.9 Å². The summed E-state index contributed by atoms with van der Waals surface area (Å²) in [5, 5.41) is 0. The molecule has 1 unspecified atom stereocenters. The Kier molecular flexibility index (Phi) is 4.99. The minimum Gasteiger partial charge on any atom is -0.434 e. The van der Waals surface area contributed by atoms with E-state index in [1.807, 2.05) is 0 Å². The molecule has 2 atom stereocenters. The Labute approximate surface area is 195 Å². The van der Waals surface area contributed by atoms with Crippen LogP contribution in [0.1, 0.15) is 35.8 Å². The summed E-state index contributed by atoms with van der Waals surface area (Å²) >= 11 is 0. The fourth-order valence-electron chi connectivity index (χ4n) is 4.65. The van der Waals surface area contributed by atoms with E-state index in [0.29, 0.717) is 16.6 Å². The van der Waals surface area contributed by atoms with Crippen LogP contribution < -0.4 is 4.74 Å².